The molecular formula is C17H15BrCl3N3OS. The molecule has 138 valence electrons. The molecule has 3 N–H and O–H groups in total. The van der Waals surface area contributed by atoms with Gasteiger partial charge in [0.15, 0.2) is 5.11 Å². The summed E-state index contributed by atoms with van der Waals surface area (Å²) in [5, 5.41) is 8.63. The zero-order valence-electron chi connectivity index (χ0n) is 13.5. The van der Waals surface area contributed by atoms with E-state index in [2.05, 4.69) is 31.9 Å². The molecule has 0 aromatic heterocycles. The standard InChI is InChI=1S/C17H15BrCl3N3OS/c1-10-2-8-13(9-3-10)22-16(26)24-15(17(19,20)21)23-14(25)11-4-6-12(18)7-5-11/h2-9,15H,1H3,(H,23,25)(H2,22,24,26). The summed E-state index contributed by atoms with van der Waals surface area (Å²) in [5.41, 5.74) is 2.32. The first kappa shape index (κ1) is 21.3. The Hall–Kier alpha value is -1.05. The minimum Gasteiger partial charge on any atom is -0.339 e. The zero-order valence-corrected chi connectivity index (χ0v) is 18.2. The van der Waals surface area contributed by atoms with Crippen molar-refractivity contribution in [2.45, 2.75) is 16.9 Å². The second-order valence-electron chi connectivity index (χ2n) is 5.42. The number of alkyl halides is 3. The lowest BCUT2D eigenvalue weighted by Gasteiger charge is -2.27. The van der Waals surface area contributed by atoms with Gasteiger partial charge in [0.25, 0.3) is 5.91 Å². The molecule has 0 bridgehead atoms. The fourth-order valence-electron chi connectivity index (χ4n) is 1.95. The smallest absolute Gasteiger partial charge is 0.252 e. The maximum atomic E-state index is 12.4. The lowest BCUT2D eigenvalue weighted by molar-refractivity contribution is 0.0934. The third-order valence-electron chi connectivity index (χ3n) is 3.29. The van der Waals surface area contributed by atoms with Crippen molar-refractivity contribution < 1.29 is 4.79 Å². The molecule has 0 radical (unpaired) electrons. The van der Waals surface area contributed by atoms with Gasteiger partial charge in [-0.1, -0.05) is 68.4 Å². The van der Waals surface area contributed by atoms with Gasteiger partial charge in [0.2, 0.25) is 3.79 Å². The molecule has 0 aliphatic heterocycles. The van der Waals surface area contributed by atoms with Crippen LogP contribution >= 0.6 is 63.0 Å². The largest absolute Gasteiger partial charge is 0.339 e. The molecule has 26 heavy (non-hydrogen) atoms. The molecule has 0 spiro atoms. The lowest BCUT2D eigenvalue weighted by Crippen LogP contribution is -2.56. The molecule has 2 aromatic rings. The van der Waals surface area contributed by atoms with Crippen LogP contribution in [-0.2, 0) is 0 Å². The van der Waals surface area contributed by atoms with Crippen LogP contribution in [0.4, 0.5) is 5.69 Å². The number of amides is 1. The van der Waals surface area contributed by atoms with Crippen LogP contribution in [0.15, 0.2) is 53.0 Å². The molecule has 0 fully saturated rings. The predicted octanol–water partition coefficient (Wildman–Crippen LogP) is 5.17. The fraction of sp³-hybridized carbons (Fsp3) is 0.176. The van der Waals surface area contributed by atoms with E-state index in [4.69, 9.17) is 47.0 Å². The Labute approximate surface area is 180 Å². The first-order chi connectivity index (χ1) is 12.1. The van der Waals surface area contributed by atoms with E-state index >= 15 is 0 Å². The van der Waals surface area contributed by atoms with Gasteiger partial charge in [0, 0.05) is 15.7 Å². The molecule has 4 nitrogen and oxygen atoms in total. The predicted molar refractivity (Wildman–Crippen MR) is 116 cm³/mol. The number of hydrogen-bond acceptors (Lipinski definition) is 2. The molecule has 0 aliphatic rings. The zero-order chi connectivity index (χ0) is 19.3. The van der Waals surface area contributed by atoms with Gasteiger partial charge in [-0.3, -0.25) is 4.79 Å². The highest BCUT2D eigenvalue weighted by Crippen LogP contribution is 2.29. The number of aryl methyl sites for hydroxylation is 1. The van der Waals surface area contributed by atoms with E-state index in [1.807, 2.05) is 31.2 Å². The molecule has 0 heterocycles. The number of halogens is 4. The summed E-state index contributed by atoms with van der Waals surface area (Å²) in [6.07, 6.45) is -1.03. The van der Waals surface area contributed by atoms with Crippen molar-refractivity contribution in [3.63, 3.8) is 0 Å². The Morgan fingerprint density at radius 1 is 1.04 bits per heavy atom. The highest BCUT2D eigenvalue weighted by molar-refractivity contribution is 9.10. The Morgan fingerprint density at radius 3 is 2.15 bits per heavy atom. The van der Waals surface area contributed by atoms with Gasteiger partial charge in [-0.05, 0) is 55.5 Å². The Bertz CT molecular complexity index is 779. The first-order valence-electron chi connectivity index (χ1n) is 7.42. The van der Waals surface area contributed by atoms with Gasteiger partial charge in [-0.25, -0.2) is 0 Å². The number of carbonyl (C=O) groups excluding carboxylic acids is 1. The first-order valence-corrected chi connectivity index (χ1v) is 9.76. The van der Waals surface area contributed by atoms with Gasteiger partial charge in [-0.15, -0.1) is 0 Å². The van der Waals surface area contributed by atoms with E-state index in [1.165, 1.54) is 0 Å². The molecular weight excluding hydrogens is 481 g/mol. The van der Waals surface area contributed by atoms with Gasteiger partial charge >= 0.3 is 0 Å². The Morgan fingerprint density at radius 2 is 1.62 bits per heavy atom. The van der Waals surface area contributed by atoms with E-state index in [1.54, 1.807) is 24.3 Å². The van der Waals surface area contributed by atoms with Crippen LogP contribution in [0.1, 0.15) is 15.9 Å². The van der Waals surface area contributed by atoms with Gasteiger partial charge in [-0.2, -0.15) is 0 Å². The number of nitrogens with one attached hydrogen (secondary N) is 3. The lowest BCUT2D eigenvalue weighted by atomic mass is 10.2. The van der Waals surface area contributed by atoms with Gasteiger partial charge in [0.05, 0.1) is 0 Å². The fourth-order valence-corrected chi connectivity index (χ4v) is 2.78. The van der Waals surface area contributed by atoms with Crippen molar-refractivity contribution in [3.05, 3.63) is 64.1 Å². The van der Waals surface area contributed by atoms with Crippen LogP contribution < -0.4 is 16.0 Å². The quantitative estimate of drug-likeness (QED) is 0.311. The number of rotatable bonds is 4. The summed E-state index contributed by atoms with van der Waals surface area (Å²) in [7, 11) is 0. The summed E-state index contributed by atoms with van der Waals surface area (Å²) in [6, 6.07) is 14.4. The summed E-state index contributed by atoms with van der Waals surface area (Å²) in [4.78, 5) is 12.4. The minimum atomic E-state index is -1.82. The average molecular weight is 496 g/mol. The highest BCUT2D eigenvalue weighted by Gasteiger charge is 2.34. The van der Waals surface area contributed by atoms with Crippen LogP contribution in [0.25, 0.3) is 0 Å². The number of thiocarbonyl (C=S) groups is 1. The van der Waals surface area contributed by atoms with Crippen molar-refractivity contribution >= 4 is 79.7 Å². The molecule has 0 aliphatic carbocycles. The molecule has 1 amide bonds. The average Bonchev–Trinajstić information content (AvgIpc) is 2.56. The monoisotopic (exact) mass is 493 g/mol. The van der Waals surface area contributed by atoms with E-state index in [0.717, 1.165) is 15.7 Å². The minimum absolute atomic E-state index is 0.210. The molecule has 9 heteroatoms. The van der Waals surface area contributed by atoms with Gasteiger partial charge in [0.1, 0.15) is 6.17 Å². The Kier molecular flexibility index (Phi) is 7.55. The molecule has 1 atom stereocenters. The Balaban J connectivity index is 2.04. The van der Waals surface area contributed by atoms with E-state index < -0.39 is 15.9 Å². The van der Waals surface area contributed by atoms with Crippen molar-refractivity contribution in [3.8, 4) is 0 Å². The number of anilines is 1. The normalized spacial score (nSPS) is 12.2. The summed E-state index contributed by atoms with van der Waals surface area (Å²) in [5.74, 6) is -0.403. The second-order valence-corrected chi connectivity index (χ2v) is 9.11. The maximum absolute atomic E-state index is 12.4. The van der Waals surface area contributed by atoms with Gasteiger partial charge < -0.3 is 16.0 Å². The molecule has 2 rings (SSSR count). The van der Waals surface area contributed by atoms with Crippen molar-refractivity contribution in [1.82, 2.24) is 10.6 Å². The van der Waals surface area contributed by atoms with Crippen LogP contribution in [-0.4, -0.2) is 21.0 Å². The second kappa shape index (κ2) is 9.24. The molecule has 0 saturated heterocycles. The number of benzene rings is 2. The van der Waals surface area contributed by atoms with Crippen LogP contribution in [0.5, 0.6) is 0 Å². The summed E-state index contributed by atoms with van der Waals surface area (Å²) in [6.45, 7) is 1.98. The third-order valence-corrected chi connectivity index (χ3v) is 4.70. The van der Waals surface area contributed by atoms with E-state index in [-0.39, 0.29) is 5.11 Å². The summed E-state index contributed by atoms with van der Waals surface area (Å²) < 4.78 is -0.960. The molecule has 2 aromatic carbocycles. The summed E-state index contributed by atoms with van der Waals surface area (Å²) >= 11 is 26.5. The number of hydrogen-bond donors (Lipinski definition) is 3. The third kappa shape index (κ3) is 6.59. The highest BCUT2D eigenvalue weighted by atomic mass is 79.9. The number of carbonyl (C=O) groups is 1. The van der Waals surface area contributed by atoms with E-state index in [0.29, 0.717) is 5.56 Å². The van der Waals surface area contributed by atoms with Crippen molar-refractivity contribution in [2.75, 3.05) is 5.32 Å². The van der Waals surface area contributed by atoms with Crippen molar-refractivity contribution in [1.29, 1.82) is 0 Å². The molecule has 1 unspecified atom stereocenters. The SMILES string of the molecule is Cc1ccc(NC(=S)NC(NC(=O)c2ccc(Br)cc2)C(Cl)(Cl)Cl)cc1. The topological polar surface area (TPSA) is 53.2 Å². The van der Waals surface area contributed by atoms with Crippen LogP contribution in [0.2, 0.25) is 0 Å². The van der Waals surface area contributed by atoms with Crippen LogP contribution in [0, 0.1) is 6.92 Å². The van der Waals surface area contributed by atoms with E-state index in [9.17, 15) is 4.79 Å². The van der Waals surface area contributed by atoms with Crippen LogP contribution in [0.3, 0.4) is 0 Å². The van der Waals surface area contributed by atoms with Crippen molar-refractivity contribution in [2.24, 2.45) is 0 Å². The maximum Gasteiger partial charge on any atom is 0.252 e. The molecule has 0 saturated carbocycles.